The molecule has 0 radical (unpaired) electrons. The van der Waals surface area contributed by atoms with Gasteiger partial charge in [0.15, 0.2) is 0 Å². The highest BCUT2D eigenvalue weighted by molar-refractivity contribution is 7.93. The van der Waals surface area contributed by atoms with Gasteiger partial charge in [-0.1, -0.05) is 63.5 Å². The van der Waals surface area contributed by atoms with Crippen molar-refractivity contribution in [1.29, 1.82) is 4.78 Å². The first-order valence-electron chi connectivity index (χ1n) is 12.8. The van der Waals surface area contributed by atoms with Gasteiger partial charge in [-0.3, -0.25) is 4.78 Å². The highest BCUT2D eigenvalue weighted by atomic mass is 32.2. The number of hydrogen-bond donors (Lipinski definition) is 3. The Hall–Kier alpha value is -3.06. The lowest BCUT2D eigenvalue weighted by Crippen LogP contribution is -2.19. The molecule has 0 aliphatic carbocycles. The molecule has 0 saturated carbocycles. The van der Waals surface area contributed by atoms with Crippen LogP contribution in [0.3, 0.4) is 0 Å². The minimum absolute atomic E-state index is 0.0344. The summed E-state index contributed by atoms with van der Waals surface area (Å²) in [6, 6.07) is 12.0. The number of anilines is 1. The number of allylic oxidation sites excluding steroid dienone is 2. The van der Waals surface area contributed by atoms with Crippen molar-refractivity contribution in [2.75, 3.05) is 18.5 Å². The van der Waals surface area contributed by atoms with E-state index >= 15 is 0 Å². The third kappa shape index (κ3) is 6.63. The van der Waals surface area contributed by atoms with Crippen molar-refractivity contribution in [3.63, 3.8) is 0 Å². The van der Waals surface area contributed by atoms with Gasteiger partial charge in [0.1, 0.15) is 17.6 Å². The molecule has 2 aromatic rings. The Morgan fingerprint density at radius 2 is 1.73 bits per heavy atom. The minimum Gasteiger partial charge on any atom is -0.507 e. The van der Waals surface area contributed by atoms with Gasteiger partial charge in [-0.25, -0.2) is 0 Å². The molecule has 4 rings (SSSR count). The van der Waals surface area contributed by atoms with Crippen LogP contribution in [0, 0.1) is 4.78 Å². The lowest BCUT2D eigenvalue weighted by Gasteiger charge is -2.28. The van der Waals surface area contributed by atoms with Gasteiger partial charge in [-0.15, -0.1) is 0 Å². The molecule has 0 spiro atoms. The molecule has 2 atom stereocenters. The summed E-state index contributed by atoms with van der Waals surface area (Å²) >= 11 is 0. The summed E-state index contributed by atoms with van der Waals surface area (Å²) in [6.45, 7) is 13.9. The fourth-order valence-electron chi connectivity index (χ4n) is 4.39. The van der Waals surface area contributed by atoms with Gasteiger partial charge in [0.2, 0.25) is 0 Å². The molecule has 2 aliphatic heterocycles. The van der Waals surface area contributed by atoms with E-state index in [1.807, 2.05) is 41.8 Å². The first kappa shape index (κ1) is 27.0. The smallest absolute Gasteiger partial charge is 0.136 e. The number of oxime groups is 1. The quantitative estimate of drug-likeness (QED) is 0.344. The summed E-state index contributed by atoms with van der Waals surface area (Å²) in [5, 5.41) is 20.7. The van der Waals surface area contributed by atoms with Crippen LogP contribution in [0.1, 0.15) is 71.1 Å². The molecule has 37 heavy (non-hydrogen) atoms. The Bertz CT molecular complexity index is 1210. The maximum atomic E-state index is 11.0. The van der Waals surface area contributed by atoms with Crippen LogP contribution < -0.4 is 10.1 Å². The lowest BCUT2D eigenvalue weighted by molar-refractivity contribution is 0.0675. The monoisotopic (exact) mass is 521 g/mol. The molecule has 198 valence electrons. The van der Waals surface area contributed by atoms with Crippen LogP contribution in [-0.4, -0.2) is 30.1 Å². The van der Waals surface area contributed by atoms with E-state index < -0.39 is 10.7 Å². The number of benzene rings is 2. The number of aromatic hydroxyl groups is 1. The van der Waals surface area contributed by atoms with Crippen LogP contribution in [0.25, 0.3) is 0 Å². The molecule has 0 fully saturated rings. The molecule has 2 heterocycles. The van der Waals surface area contributed by atoms with Crippen molar-refractivity contribution in [3.05, 3.63) is 75.6 Å². The number of nitrogens with zero attached hydrogens (tertiary/aromatic N) is 1. The molecule has 0 aromatic heterocycles. The molecule has 0 amide bonds. The number of rotatable bonds is 8. The van der Waals surface area contributed by atoms with Gasteiger partial charge in [0.25, 0.3) is 0 Å². The van der Waals surface area contributed by atoms with Crippen LogP contribution >= 0.6 is 0 Å². The van der Waals surface area contributed by atoms with Crippen LogP contribution in [0.5, 0.6) is 11.5 Å². The van der Waals surface area contributed by atoms with Crippen molar-refractivity contribution in [1.82, 2.24) is 0 Å². The van der Waals surface area contributed by atoms with E-state index in [1.54, 1.807) is 0 Å². The normalized spacial score (nSPS) is 19.4. The van der Waals surface area contributed by atoms with Crippen molar-refractivity contribution >= 4 is 22.1 Å². The van der Waals surface area contributed by atoms with Gasteiger partial charge >= 0.3 is 0 Å². The fraction of sp³-hybridized carbons (Fsp3) is 0.433. The van der Waals surface area contributed by atoms with E-state index in [9.17, 15) is 5.11 Å². The molecule has 3 N–H and O–H groups in total. The number of phenols is 1. The van der Waals surface area contributed by atoms with E-state index in [0.29, 0.717) is 25.3 Å². The summed E-state index contributed by atoms with van der Waals surface area (Å²) in [6.07, 6.45) is 5.37. The zero-order chi connectivity index (χ0) is 26.8. The zero-order valence-corrected chi connectivity index (χ0v) is 23.5. The fourth-order valence-corrected chi connectivity index (χ4v) is 5.25. The Morgan fingerprint density at radius 1 is 1.08 bits per heavy atom. The second-order valence-electron chi connectivity index (χ2n) is 11.7. The lowest BCUT2D eigenvalue weighted by atomic mass is 9.78. The van der Waals surface area contributed by atoms with Gasteiger partial charge in [-0.2, -0.15) is 0 Å². The van der Waals surface area contributed by atoms with Gasteiger partial charge in [0.05, 0.1) is 12.3 Å². The highest BCUT2D eigenvalue weighted by Crippen LogP contribution is 2.40. The first-order valence-corrected chi connectivity index (χ1v) is 14.1. The summed E-state index contributed by atoms with van der Waals surface area (Å²) in [7, 11) is -0.510. The third-order valence-corrected chi connectivity index (χ3v) is 7.88. The Morgan fingerprint density at radius 3 is 2.30 bits per heavy atom. The van der Waals surface area contributed by atoms with E-state index in [-0.39, 0.29) is 16.9 Å². The van der Waals surface area contributed by atoms with Crippen molar-refractivity contribution in [3.8, 4) is 11.5 Å². The molecule has 0 saturated heterocycles. The van der Waals surface area contributed by atoms with Crippen molar-refractivity contribution < 1.29 is 14.7 Å². The van der Waals surface area contributed by atoms with Crippen molar-refractivity contribution in [2.45, 2.75) is 71.3 Å². The maximum Gasteiger partial charge on any atom is 0.136 e. The minimum atomic E-state index is -0.510. The number of hydrogen-bond acceptors (Lipinski definition) is 6. The average Bonchev–Trinajstić information content (AvgIpc) is 3.46. The van der Waals surface area contributed by atoms with E-state index in [1.165, 1.54) is 0 Å². The molecular weight excluding hydrogens is 482 g/mol. The summed E-state index contributed by atoms with van der Waals surface area (Å²) in [5.41, 5.74) is 4.42. The summed E-state index contributed by atoms with van der Waals surface area (Å²) < 4.78 is 13.9. The van der Waals surface area contributed by atoms with Gasteiger partial charge in [0, 0.05) is 46.7 Å². The van der Waals surface area contributed by atoms with E-state index in [0.717, 1.165) is 45.2 Å². The SMILES string of the molecule is CC(C)(C)c1cc(C2=NOC(CCOc3ccc(NCC4=CC=CS4=N)cc3)C2)cc(C(C)(C)C)c1O. The Labute approximate surface area is 223 Å². The molecule has 6 nitrogen and oxygen atoms in total. The van der Waals surface area contributed by atoms with Crippen molar-refractivity contribution in [2.24, 2.45) is 5.16 Å². The molecule has 0 bridgehead atoms. The first-order chi connectivity index (χ1) is 17.4. The topological polar surface area (TPSA) is 86.9 Å². The molecule has 2 unspecified atom stereocenters. The highest BCUT2D eigenvalue weighted by Gasteiger charge is 2.29. The zero-order valence-electron chi connectivity index (χ0n) is 22.7. The van der Waals surface area contributed by atoms with Crippen LogP contribution in [-0.2, 0) is 26.4 Å². The Balaban J connectivity index is 1.31. The summed E-state index contributed by atoms with van der Waals surface area (Å²) in [4.78, 5) is 6.85. The maximum absolute atomic E-state index is 11.0. The molecule has 7 heteroatoms. The summed E-state index contributed by atoms with van der Waals surface area (Å²) in [5.74, 6) is 1.19. The second kappa shape index (κ2) is 10.7. The second-order valence-corrected chi connectivity index (χ2v) is 13.2. The van der Waals surface area contributed by atoms with Gasteiger partial charge in [-0.05, 0) is 58.7 Å². The molecular formula is C30H39N3O3S. The standard InChI is InChI=1S/C30H39N3O3S/c1-29(2,3)25-16-20(17-26(28(25)34)30(4,5)6)27-18-23(36-33-27)13-14-35-22-11-9-21(10-12-22)32-19-24-8-7-15-37(24)31/h7-12,15-17,23,31-32,34H,13-14,18-19H2,1-6H3. The molecule has 2 aromatic carbocycles. The predicted octanol–water partition coefficient (Wildman–Crippen LogP) is 7.15. The van der Waals surface area contributed by atoms with Crippen LogP contribution in [0.15, 0.2) is 64.0 Å². The Kier molecular flexibility index (Phi) is 7.83. The van der Waals surface area contributed by atoms with Gasteiger partial charge < -0.3 is 20.0 Å². The third-order valence-electron chi connectivity index (χ3n) is 6.60. The van der Waals surface area contributed by atoms with E-state index in [4.69, 9.17) is 14.4 Å². The van der Waals surface area contributed by atoms with E-state index in [2.05, 4.69) is 64.1 Å². The van der Waals surface area contributed by atoms with Crippen LogP contribution in [0.2, 0.25) is 0 Å². The molecule has 2 aliphatic rings. The average molecular weight is 522 g/mol. The number of ether oxygens (including phenoxy) is 1. The predicted molar refractivity (Wildman–Crippen MR) is 154 cm³/mol. The number of phenolic OH excluding ortho intramolecular Hbond substituents is 1. The largest absolute Gasteiger partial charge is 0.507 e. The number of nitrogens with one attached hydrogen (secondary N) is 2. The van der Waals surface area contributed by atoms with Crippen LogP contribution in [0.4, 0.5) is 5.69 Å².